The van der Waals surface area contributed by atoms with Crippen molar-refractivity contribution in [2.45, 2.75) is 31.7 Å². The van der Waals surface area contributed by atoms with Crippen LogP contribution in [0.1, 0.15) is 29.6 Å². The van der Waals surface area contributed by atoms with Gasteiger partial charge in [-0.2, -0.15) is 13.2 Å². The van der Waals surface area contributed by atoms with Crippen molar-refractivity contribution in [3.8, 4) is 5.75 Å². The van der Waals surface area contributed by atoms with E-state index in [2.05, 4.69) is 11.9 Å². The second-order valence-corrected chi connectivity index (χ2v) is 6.56. The van der Waals surface area contributed by atoms with Crippen molar-refractivity contribution in [1.82, 2.24) is 10.6 Å². The molecule has 0 bridgehead atoms. The number of alkyl halides is 3. The van der Waals surface area contributed by atoms with Crippen molar-refractivity contribution < 1.29 is 42.1 Å². The van der Waals surface area contributed by atoms with E-state index in [0.717, 1.165) is 0 Å². The van der Waals surface area contributed by atoms with Crippen LogP contribution >= 0.6 is 0 Å². The smallest absolute Gasteiger partial charge is 0.471 e. The van der Waals surface area contributed by atoms with Crippen molar-refractivity contribution in [3.63, 3.8) is 0 Å². The molecule has 2 amide bonds. The molecule has 3 N–H and O–H groups in total. The average Bonchev–Trinajstić information content (AvgIpc) is 2.77. The Bertz CT molecular complexity index is 715. The summed E-state index contributed by atoms with van der Waals surface area (Å²) in [5.74, 6) is -1.85. The Morgan fingerprint density at radius 1 is 1.12 bits per heavy atom. The standard InChI is InChI=1S/C21H29F3N2O6/c1-2-12-30-18(31-13-11-27)15-32-17-8-6-7-16(14-17)19(28)25-9-4-3-5-10-26-20(29)21(22,23)24/h2,6-8,14,18,27H,1,3-5,9-13,15H2,(H,25,28)(H,26,29). The molecule has 11 heteroatoms. The van der Waals surface area contributed by atoms with Gasteiger partial charge in [0.1, 0.15) is 12.4 Å². The third-order valence-electron chi connectivity index (χ3n) is 3.96. The molecule has 0 aliphatic carbocycles. The zero-order valence-corrected chi connectivity index (χ0v) is 17.7. The highest BCUT2D eigenvalue weighted by atomic mass is 19.4. The fourth-order valence-electron chi connectivity index (χ4n) is 2.43. The molecular weight excluding hydrogens is 433 g/mol. The third-order valence-corrected chi connectivity index (χ3v) is 3.96. The number of carbonyl (C=O) groups excluding carboxylic acids is 2. The van der Waals surface area contributed by atoms with Crippen LogP contribution in [-0.2, 0) is 14.3 Å². The van der Waals surface area contributed by atoms with Gasteiger partial charge in [-0.05, 0) is 37.5 Å². The quantitative estimate of drug-likeness (QED) is 0.198. The van der Waals surface area contributed by atoms with E-state index < -0.39 is 18.4 Å². The highest BCUT2D eigenvalue weighted by Gasteiger charge is 2.38. The highest BCUT2D eigenvalue weighted by Crippen LogP contribution is 2.15. The molecule has 0 saturated heterocycles. The molecular formula is C21H29F3N2O6. The lowest BCUT2D eigenvalue weighted by Crippen LogP contribution is -2.37. The van der Waals surface area contributed by atoms with E-state index in [1.54, 1.807) is 35.7 Å². The predicted molar refractivity (Wildman–Crippen MR) is 110 cm³/mol. The number of aliphatic hydroxyl groups excluding tert-OH is 1. The summed E-state index contributed by atoms with van der Waals surface area (Å²) in [4.78, 5) is 22.9. The van der Waals surface area contributed by atoms with Crippen molar-refractivity contribution in [3.05, 3.63) is 42.5 Å². The zero-order chi connectivity index (χ0) is 23.8. The minimum Gasteiger partial charge on any atom is -0.488 e. The molecule has 1 aromatic rings. The van der Waals surface area contributed by atoms with Gasteiger partial charge < -0.3 is 30.0 Å². The lowest BCUT2D eigenvalue weighted by molar-refractivity contribution is -0.173. The summed E-state index contributed by atoms with van der Waals surface area (Å²) in [7, 11) is 0. The van der Waals surface area contributed by atoms with Crippen LogP contribution in [0.4, 0.5) is 13.2 Å². The third kappa shape index (κ3) is 11.7. The maximum atomic E-state index is 12.3. The Morgan fingerprint density at radius 3 is 2.50 bits per heavy atom. The van der Waals surface area contributed by atoms with Crippen LogP contribution in [0.5, 0.6) is 5.75 Å². The Kier molecular flexibility index (Phi) is 13.0. The first-order valence-electron chi connectivity index (χ1n) is 10.1. The lowest BCUT2D eigenvalue weighted by atomic mass is 10.2. The molecule has 8 nitrogen and oxygen atoms in total. The van der Waals surface area contributed by atoms with E-state index in [1.807, 2.05) is 0 Å². The second kappa shape index (κ2) is 15.2. The number of amides is 2. The average molecular weight is 462 g/mol. The number of carbonyl (C=O) groups is 2. The van der Waals surface area contributed by atoms with E-state index in [0.29, 0.717) is 37.1 Å². The minimum absolute atomic E-state index is 0.0454. The molecule has 180 valence electrons. The van der Waals surface area contributed by atoms with E-state index in [1.165, 1.54) is 0 Å². The van der Waals surface area contributed by atoms with E-state index in [9.17, 15) is 22.8 Å². The molecule has 0 fully saturated rings. The molecule has 1 aromatic carbocycles. The van der Waals surface area contributed by atoms with Gasteiger partial charge in [0.05, 0.1) is 19.8 Å². The molecule has 0 saturated carbocycles. The molecule has 32 heavy (non-hydrogen) atoms. The Balaban J connectivity index is 2.34. The van der Waals surface area contributed by atoms with Crippen molar-refractivity contribution in [1.29, 1.82) is 0 Å². The lowest BCUT2D eigenvalue weighted by Gasteiger charge is -2.18. The summed E-state index contributed by atoms with van der Waals surface area (Å²) in [6.07, 6.45) is -2.57. The highest BCUT2D eigenvalue weighted by molar-refractivity contribution is 5.94. The van der Waals surface area contributed by atoms with E-state index >= 15 is 0 Å². The number of ether oxygens (including phenoxy) is 3. The number of nitrogens with one attached hydrogen (secondary N) is 2. The summed E-state index contributed by atoms with van der Waals surface area (Å²) in [6, 6.07) is 6.49. The fourth-order valence-corrected chi connectivity index (χ4v) is 2.43. The second-order valence-electron chi connectivity index (χ2n) is 6.56. The number of aliphatic hydroxyl groups is 1. The van der Waals surface area contributed by atoms with Gasteiger partial charge in [-0.1, -0.05) is 12.1 Å². The normalized spacial score (nSPS) is 12.1. The first-order chi connectivity index (χ1) is 15.3. The van der Waals surface area contributed by atoms with Crippen molar-refractivity contribution in [2.75, 3.05) is 39.5 Å². The van der Waals surface area contributed by atoms with Crippen LogP contribution in [0.25, 0.3) is 0 Å². The molecule has 0 aromatic heterocycles. The van der Waals surface area contributed by atoms with Gasteiger partial charge in [0.25, 0.3) is 5.91 Å². The van der Waals surface area contributed by atoms with Crippen LogP contribution in [-0.4, -0.2) is 68.9 Å². The SMILES string of the molecule is C=CCOC(COc1cccc(C(=O)NCCCCCNC(=O)C(F)(F)F)c1)OCCO. The Hall–Kier alpha value is -2.63. The molecule has 1 unspecified atom stereocenters. The number of benzene rings is 1. The predicted octanol–water partition coefficient (Wildman–Crippen LogP) is 2.18. The summed E-state index contributed by atoms with van der Waals surface area (Å²) >= 11 is 0. The summed E-state index contributed by atoms with van der Waals surface area (Å²) in [5, 5.41) is 13.4. The van der Waals surface area contributed by atoms with E-state index in [4.69, 9.17) is 19.3 Å². The molecule has 0 aliphatic rings. The van der Waals surface area contributed by atoms with Crippen LogP contribution in [0.3, 0.4) is 0 Å². The van der Waals surface area contributed by atoms with Gasteiger partial charge in [-0.15, -0.1) is 6.58 Å². The topological polar surface area (TPSA) is 106 Å². The first kappa shape index (κ1) is 27.4. The summed E-state index contributed by atoms with van der Waals surface area (Å²) < 4.78 is 52.5. The van der Waals surface area contributed by atoms with Gasteiger partial charge in [-0.3, -0.25) is 9.59 Å². The van der Waals surface area contributed by atoms with Crippen LogP contribution < -0.4 is 15.4 Å². The largest absolute Gasteiger partial charge is 0.488 e. The van der Waals surface area contributed by atoms with Crippen LogP contribution in [0.2, 0.25) is 0 Å². The fraction of sp³-hybridized carbons (Fsp3) is 0.524. The van der Waals surface area contributed by atoms with Crippen LogP contribution in [0.15, 0.2) is 36.9 Å². The Morgan fingerprint density at radius 2 is 1.84 bits per heavy atom. The van der Waals surface area contributed by atoms with Gasteiger partial charge in [0.2, 0.25) is 0 Å². The van der Waals surface area contributed by atoms with Gasteiger partial charge >= 0.3 is 12.1 Å². The Labute approximate surface area is 184 Å². The van der Waals surface area contributed by atoms with E-state index in [-0.39, 0.29) is 38.9 Å². The van der Waals surface area contributed by atoms with Crippen LogP contribution in [0, 0.1) is 0 Å². The molecule has 1 rings (SSSR count). The van der Waals surface area contributed by atoms with Gasteiger partial charge in [-0.25, -0.2) is 0 Å². The number of hydrogen-bond acceptors (Lipinski definition) is 6. The molecule has 0 aliphatic heterocycles. The summed E-state index contributed by atoms with van der Waals surface area (Å²) in [6.45, 7) is 4.03. The number of halogens is 3. The maximum absolute atomic E-state index is 12.3. The maximum Gasteiger partial charge on any atom is 0.471 e. The van der Waals surface area contributed by atoms with Gasteiger partial charge in [0.15, 0.2) is 6.29 Å². The number of hydrogen-bond donors (Lipinski definition) is 3. The molecule has 1 atom stereocenters. The van der Waals surface area contributed by atoms with Crippen molar-refractivity contribution >= 4 is 11.8 Å². The number of rotatable bonds is 16. The van der Waals surface area contributed by atoms with Crippen molar-refractivity contribution in [2.24, 2.45) is 0 Å². The minimum atomic E-state index is -4.88. The molecule has 0 radical (unpaired) electrons. The molecule has 0 heterocycles. The van der Waals surface area contributed by atoms with Gasteiger partial charge in [0, 0.05) is 18.7 Å². The zero-order valence-electron chi connectivity index (χ0n) is 17.7. The first-order valence-corrected chi connectivity index (χ1v) is 10.1. The number of unbranched alkanes of at least 4 members (excludes halogenated alkanes) is 2. The summed E-state index contributed by atoms with van der Waals surface area (Å²) in [5.41, 5.74) is 0.375. The molecule has 0 spiro atoms. The monoisotopic (exact) mass is 462 g/mol.